The van der Waals surface area contributed by atoms with Crippen LogP contribution in [0.5, 0.6) is 0 Å². The molecule has 1 unspecified atom stereocenters. The highest BCUT2D eigenvalue weighted by Gasteiger charge is 2.31. The normalized spacial score (nSPS) is 35.2. The van der Waals surface area contributed by atoms with Crippen LogP contribution in [0.4, 0.5) is 0 Å². The highest BCUT2D eigenvalue weighted by Crippen LogP contribution is 2.25. The molecule has 0 bridgehead atoms. The minimum absolute atomic E-state index is 0.0796. The first-order valence-electron chi connectivity index (χ1n) is 3.99. The van der Waals surface area contributed by atoms with Crippen molar-refractivity contribution in [3.05, 3.63) is 0 Å². The minimum atomic E-state index is -3.90. The van der Waals surface area contributed by atoms with Gasteiger partial charge in [-0.3, -0.25) is 4.18 Å². The molecule has 0 amide bonds. The summed E-state index contributed by atoms with van der Waals surface area (Å²) in [6, 6.07) is -0.0796. The summed E-state index contributed by atoms with van der Waals surface area (Å²) < 4.78 is 25.2. The van der Waals surface area contributed by atoms with E-state index in [1.165, 1.54) is 0 Å². The Kier molecular flexibility index (Phi) is 3.25. The smallest absolute Gasteiger partial charge is 0.333 e. The van der Waals surface area contributed by atoms with Crippen molar-refractivity contribution in [3.63, 3.8) is 0 Å². The lowest BCUT2D eigenvalue weighted by Crippen LogP contribution is -2.24. The largest absolute Gasteiger partial charge is 0.393 e. The molecular weight excluding hydrogens is 196 g/mol. The Morgan fingerprint density at radius 2 is 2.08 bits per heavy atom. The zero-order valence-electron chi connectivity index (χ0n) is 7.09. The Labute approximate surface area is 77.1 Å². The van der Waals surface area contributed by atoms with Gasteiger partial charge in [0.05, 0.1) is 12.7 Å². The second-order valence-electron chi connectivity index (χ2n) is 3.34. The van der Waals surface area contributed by atoms with Gasteiger partial charge in [0, 0.05) is 12.0 Å². The molecule has 0 spiro atoms. The van der Waals surface area contributed by atoms with Crippen molar-refractivity contribution >= 4 is 10.3 Å². The molecule has 3 atom stereocenters. The first kappa shape index (κ1) is 10.9. The molecule has 6 nitrogen and oxygen atoms in total. The molecule has 0 heterocycles. The SMILES string of the molecule is N[C@@H]1CC(COS(N)(=O)=O)[C@@H](O)C1. The molecule has 1 saturated carbocycles. The number of rotatable bonds is 3. The van der Waals surface area contributed by atoms with Crippen LogP contribution in [0.15, 0.2) is 0 Å². The average Bonchev–Trinajstić information content (AvgIpc) is 2.24. The van der Waals surface area contributed by atoms with Crippen LogP contribution in [0.3, 0.4) is 0 Å². The Balaban J connectivity index is 2.38. The van der Waals surface area contributed by atoms with Crippen LogP contribution in [0.1, 0.15) is 12.8 Å². The fourth-order valence-corrected chi connectivity index (χ4v) is 1.87. The Morgan fingerprint density at radius 1 is 1.46 bits per heavy atom. The number of nitrogens with two attached hydrogens (primary N) is 2. The van der Waals surface area contributed by atoms with Crippen molar-refractivity contribution in [1.82, 2.24) is 0 Å². The van der Waals surface area contributed by atoms with Crippen LogP contribution >= 0.6 is 0 Å². The van der Waals surface area contributed by atoms with Gasteiger partial charge in [-0.1, -0.05) is 0 Å². The molecule has 78 valence electrons. The van der Waals surface area contributed by atoms with Gasteiger partial charge in [0.1, 0.15) is 0 Å². The summed E-state index contributed by atoms with van der Waals surface area (Å²) in [5.41, 5.74) is 5.56. The van der Waals surface area contributed by atoms with Gasteiger partial charge < -0.3 is 10.8 Å². The highest BCUT2D eigenvalue weighted by atomic mass is 32.2. The standard InChI is InChI=1S/C6H14N2O4S/c7-5-1-4(6(9)2-5)3-12-13(8,10)11/h4-6,9H,1-3,7H2,(H2,8,10,11)/t4?,5-,6+/m1/s1. The summed E-state index contributed by atoms with van der Waals surface area (Å²) in [6.07, 6.45) is 0.465. The third-order valence-electron chi connectivity index (χ3n) is 2.14. The molecule has 1 rings (SSSR count). The second-order valence-corrected chi connectivity index (χ2v) is 4.56. The Bertz CT molecular complexity index is 266. The van der Waals surface area contributed by atoms with Crippen molar-refractivity contribution < 1.29 is 17.7 Å². The van der Waals surface area contributed by atoms with Crippen LogP contribution in [-0.4, -0.2) is 32.3 Å². The van der Waals surface area contributed by atoms with Gasteiger partial charge in [-0.15, -0.1) is 0 Å². The average molecular weight is 210 g/mol. The molecule has 1 fully saturated rings. The number of aliphatic hydroxyl groups is 1. The van der Waals surface area contributed by atoms with E-state index < -0.39 is 16.4 Å². The number of hydrogen-bond donors (Lipinski definition) is 3. The molecule has 0 saturated heterocycles. The molecule has 0 aromatic rings. The molecule has 1 aliphatic carbocycles. The van der Waals surface area contributed by atoms with Gasteiger partial charge in [0.15, 0.2) is 0 Å². The van der Waals surface area contributed by atoms with E-state index in [-0.39, 0.29) is 18.6 Å². The molecule has 0 aromatic heterocycles. The van der Waals surface area contributed by atoms with E-state index in [0.29, 0.717) is 12.8 Å². The molecule has 7 heteroatoms. The number of hydrogen-bond acceptors (Lipinski definition) is 5. The third kappa shape index (κ3) is 3.57. The zero-order valence-corrected chi connectivity index (χ0v) is 7.90. The highest BCUT2D eigenvalue weighted by molar-refractivity contribution is 7.84. The van der Waals surface area contributed by atoms with E-state index in [9.17, 15) is 13.5 Å². The van der Waals surface area contributed by atoms with Crippen molar-refractivity contribution in [1.29, 1.82) is 0 Å². The van der Waals surface area contributed by atoms with Gasteiger partial charge in [0.25, 0.3) is 0 Å². The van der Waals surface area contributed by atoms with Crippen LogP contribution in [0, 0.1) is 5.92 Å². The number of aliphatic hydroxyl groups excluding tert-OH is 1. The fraction of sp³-hybridized carbons (Fsp3) is 1.00. The van der Waals surface area contributed by atoms with Crippen molar-refractivity contribution in [2.75, 3.05) is 6.61 Å². The first-order chi connectivity index (χ1) is 5.88. The first-order valence-corrected chi connectivity index (χ1v) is 5.46. The van der Waals surface area contributed by atoms with E-state index in [1.54, 1.807) is 0 Å². The molecular formula is C6H14N2O4S. The predicted molar refractivity (Wildman–Crippen MR) is 45.8 cm³/mol. The molecule has 13 heavy (non-hydrogen) atoms. The van der Waals surface area contributed by atoms with Crippen LogP contribution in [-0.2, 0) is 14.5 Å². The van der Waals surface area contributed by atoms with Gasteiger partial charge >= 0.3 is 10.3 Å². The Hall–Kier alpha value is -0.210. The van der Waals surface area contributed by atoms with Gasteiger partial charge in [0.2, 0.25) is 0 Å². The maximum absolute atomic E-state index is 10.4. The molecule has 0 radical (unpaired) electrons. The third-order valence-corrected chi connectivity index (χ3v) is 2.60. The lowest BCUT2D eigenvalue weighted by Gasteiger charge is -2.12. The van der Waals surface area contributed by atoms with E-state index >= 15 is 0 Å². The van der Waals surface area contributed by atoms with Crippen molar-refractivity contribution in [2.24, 2.45) is 16.8 Å². The summed E-state index contributed by atoms with van der Waals surface area (Å²) in [6.45, 7) is -0.0896. The van der Waals surface area contributed by atoms with Crippen LogP contribution in [0.2, 0.25) is 0 Å². The fourth-order valence-electron chi connectivity index (χ4n) is 1.51. The molecule has 0 aromatic carbocycles. The van der Waals surface area contributed by atoms with Gasteiger partial charge in [-0.25, -0.2) is 5.14 Å². The van der Waals surface area contributed by atoms with Gasteiger partial charge in [-0.2, -0.15) is 8.42 Å². The van der Waals surface area contributed by atoms with Crippen molar-refractivity contribution in [2.45, 2.75) is 25.0 Å². The molecule has 0 aliphatic heterocycles. The Morgan fingerprint density at radius 3 is 2.46 bits per heavy atom. The predicted octanol–water partition coefficient (Wildman–Crippen LogP) is -1.70. The van der Waals surface area contributed by atoms with E-state index in [0.717, 1.165) is 0 Å². The summed E-state index contributed by atoms with van der Waals surface area (Å²) in [4.78, 5) is 0. The monoisotopic (exact) mass is 210 g/mol. The maximum atomic E-state index is 10.4. The van der Waals surface area contributed by atoms with E-state index in [2.05, 4.69) is 9.32 Å². The maximum Gasteiger partial charge on any atom is 0.333 e. The van der Waals surface area contributed by atoms with Crippen LogP contribution in [0.25, 0.3) is 0 Å². The minimum Gasteiger partial charge on any atom is -0.393 e. The molecule has 5 N–H and O–H groups in total. The van der Waals surface area contributed by atoms with Crippen LogP contribution < -0.4 is 10.9 Å². The summed E-state index contributed by atoms with van der Waals surface area (Å²) in [5, 5.41) is 14.0. The lowest BCUT2D eigenvalue weighted by molar-refractivity contribution is 0.101. The summed E-state index contributed by atoms with van der Waals surface area (Å²) >= 11 is 0. The topological polar surface area (TPSA) is 116 Å². The van der Waals surface area contributed by atoms with E-state index in [1.807, 2.05) is 0 Å². The quantitative estimate of drug-likeness (QED) is 0.513. The molecule has 1 aliphatic rings. The van der Waals surface area contributed by atoms with Gasteiger partial charge in [-0.05, 0) is 12.8 Å². The van der Waals surface area contributed by atoms with E-state index in [4.69, 9.17) is 5.73 Å². The lowest BCUT2D eigenvalue weighted by atomic mass is 10.1. The zero-order chi connectivity index (χ0) is 10.1. The van der Waals surface area contributed by atoms with Crippen molar-refractivity contribution in [3.8, 4) is 0 Å². The summed E-state index contributed by atoms with van der Waals surface area (Å²) in [7, 11) is -3.90. The second kappa shape index (κ2) is 3.89. The summed E-state index contributed by atoms with van der Waals surface area (Å²) in [5.74, 6) is -0.228.